The number of benzene rings is 3. The van der Waals surface area contributed by atoms with Crippen LogP contribution in [0.25, 0.3) is 39.0 Å². The lowest BCUT2D eigenvalue weighted by Crippen LogP contribution is -2.36. The third-order valence-corrected chi connectivity index (χ3v) is 13.0. The maximum atomic E-state index is 15.8. The second kappa shape index (κ2) is 15.4. The van der Waals surface area contributed by atoms with Crippen molar-refractivity contribution in [3.8, 4) is 17.2 Å². The predicted octanol–water partition coefficient (Wildman–Crippen LogP) is 7.43. The van der Waals surface area contributed by atoms with Crippen LogP contribution in [-0.2, 0) is 24.8 Å². The van der Waals surface area contributed by atoms with E-state index in [-0.39, 0.29) is 29.6 Å². The predicted molar refractivity (Wildman–Crippen MR) is 235 cm³/mol. The van der Waals surface area contributed by atoms with Crippen molar-refractivity contribution >= 4 is 27.7 Å². The van der Waals surface area contributed by atoms with Gasteiger partial charge >= 0.3 is 11.4 Å². The van der Waals surface area contributed by atoms with Crippen LogP contribution in [0.3, 0.4) is 0 Å². The van der Waals surface area contributed by atoms with Crippen molar-refractivity contribution in [2.24, 2.45) is 13.0 Å². The molecule has 1 saturated heterocycles. The Morgan fingerprint density at radius 3 is 2.45 bits per heavy atom. The van der Waals surface area contributed by atoms with Crippen molar-refractivity contribution in [2.75, 3.05) is 13.2 Å². The normalized spacial score (nSPS) is 19.2. The highest BCUT2D eigenvalue weighted by Crippen LogP contribution is 2.45. The minimum absolute atomic E-state index is 0.0759. The van der Waals surface area contributed by atoms with E-state index < -0.39 is 17.3 Å². The summed E-state index contributed by atoms with van der Waals surface area (Å²) in [5.41, 5.74) is 5.38. The molecule has 64 heavy (non-hydrogen) atoms. The van der Waals surface area contributed by atoms with Gasteiger partial charge in [-0.2, -0.15) is 10.2 Å². The lowest BCUT2D eigenvalue weighted by atomic mass is 9.83. The van der Waals surface area contributed by atoms with E-state index in [9.17, 15) is 18.8 Å². The molecule has 7 heterocycles. The summed E-state index contributed by atoms with van der Waals surface area (Å²) in [5.74, 6) is 1.07. The fraction of sp³-hybridized carbons (Fsp3) is 0.362. The number of H-pyrrole nitrogens is 2. The molecule has 0 spiro atoms. The van der Waals surface area contributed by atoms with Crippen molar-refractivity contribution in [3.05, 3.63) is 139 Å². The zero-order valence-corrected chi connectivity index (χ0v) is 36.4. The highest BCUT2D eigenvalue weighted by atomic mass is 19.1. The summed E-state index contributed by atoms with van der Waals surface area (Å²) in [6.45, 7) is 11.0. The molecule has 3 aliphatic rings. The fourth-order valence-corrected chi connectivity index (χ4v) is 9.41. The number of fused-ring (bicyclic) bond motifs is 3. The van der Waals surface area contributed by atoms with Gasteiger partial charge in [-0.25, -0.2) is 23.1 Å². The molecule has 0 bridgehead atoms. The van der Waals surface area contributed by atoms with Gasteiger partial charge in [-0.3, -0.25) is 28.1 Å². The third kappa shape index (κ3) is 7.26. The number of halogens is 2. The van der Waals surface area contributed by atoms with Crippen LogP contribution in [0.2, 0.25) is 0 Å². The van der Waals surface area contributed by atoms with E-state index in [1.165, 1.54) is 27.1 Å². The molecule has 17 heteroatoms. The van der Waals surface area contributed by atoms with Crippen LogP contribution in [0, 0.1) is 31.4 Å². The highest BCUT2D eigenvalue weighted by molar-refractivity contribution is 5.98. The van der Waals surface area contributed by atoms with Gasteiger partial charge in [0.1, 0.15) is 17.3 Å². The summed E-state index contributed by atoms with van der Waals surface area (Å²) >= 11 is 0. The Balaban J connectivity index is 0.000000425. The SMILES string of the molecule is CC1CC1c1noc(=O)[nH]1.Cc1cc(-n2nc3c(c2-n2ccn(-c4ccc5c(cnn5C)c4F)c2=O)CN(C(=O)c2cc4cc(C5CCOC(C)(C)C5)ccc4[nH]2)CC3)cc(C)c1F. The molecule has 2 fully saturated rings. The smallest absolute Gasteiger partial charge is 0.376 e. The van der Waals surface area contributed by atoms with Gasteiger partial charge < -0.3 is 14.6 Å². The van der Waals surface area contributed by atoms with Crippen molar-refractivity contribution in [1.82, 2.24) is 48.7 Å². The molecule has 2 aliphatic heterocycles. The van der Waals surface area contributed by atoms with Crippen LogP contribution in [0.1, 0.15) is 96.1 Å². The molecule has 3 aromatic carbocycles. The van der Waals surface area contributed by atoms with E-state index in [1.54, 1.807) is 65.6 Å². The van der Waals surface area contributed by atoms with Gasteiger partial charge in [0.05, 0.1) is 46.3 Å². The fourth-order valence-electron chi connectivity index (χ4n) is 9.41. The number of nitrogens with zero attached hydrogens (tertiary/aromatic N) is 8. The number of carbonyl (C=O) groups is 1. The standard InChI is InChI=1S/C41H40F2N8O3.C6H8N2O2/c1-23-16-28(17-24(2)36(23)42)51-38(50-14-13-49(40(50)53)35-9-8-34-29(37(35)43)21-44-47(34)5)30-22-48(12-10-32(30)46-51)39(52)33-19-27-18-25(6-7-31(27)45-33)26-11-15-54-41(3,4)20-26;1-3-2-4(3)5-7-6(9)10-8-5/h6-9,13-14,16-19,21,26,45H,10-12,15,20,22H2,1-5H3;3-4H,2H2,1H3,(H,7,8,9). The minimum atomic E-state index is -0.570. The number of nitrogens with one attached hydrogen (secondary N) is 2. The molecule has 3 unspecified atom stereocenters. The average Bonchev–Trinajstić information content (AvgIpc) is 3.84. The summed E-state index contributed by atoms with van der Waals surface area (Å²) in [5, 5.41) is 14.0. The molecule has 1 aliphatic carbocycles. The van der Waals surface area contributed by atoms with Crippen LogP contribution in [-0.4, -0.2) is 73.4 Å². The van der Waals surface area contributed by atoms with E-state index in [4.69, 9.17) is 9.84 Å². The number of hydrogen-bond acceptors (Lipinski definition) is 8. The lowest BCUT2D eigenvalue weighted by Gasteiger charge is -2.35. The second-order valence-electron chi connectivity index (χ2n) is 18.1. The van der Waals surface area contributed by atoms with Crippen molar-refractivity contribution < 1.29 is 22.8 Å². The Hall–Kier alpha value is -6.88. The summed E-state index contributed by atoms with van der Waals surface area (Å²) in [4.78, 5) is 46.5. The summed E-state index contributed by atoms with van der Waals surface area (Å²) in [7, 11) is 1.73. The zero-order valence-electron chi connectivity index (χ0n) is 36.4. The number of aromatic nitrogens is 9. The average molecular weight is 871 g/mol. The van der Waals surface area contributed by atoms with Crippen LogP contribution >= 0.6 is 0 Å². The number of rotatable bonds is 6. The topological polar surface area (TPSA) is 167 Å². The molecular weight excluding hydrogens is 823 g/mol. The number of amides is 1. The Morgan fingerprint density at radius 1 is 0.969 bits per heavy atom. The van der Waals surface area contributed by atoms with Crippen LogP contribution in [0.5, 0.6) is 0 Å². The molecular formula is C47H48F2N10O5. The van der Waals surface area contributed by atoms with E-state index in [2.05, 4.69) is 57.7 Å². The Kier molecular flexibility index (Phi) is 9.92. The van der Waals surface area contributed by atoms with Gasteiger partial charge in [0.2, 0.25) is 0 Å². The van der Waals surface area contributed by atoms with Gasteiger partial charge in [-0.05, 0) is 118 Å². The van der Waals surface area contributed by atoms with Gasteiger partial charge in [0.25, 0.3) is 5.91 Å². The highest BCUT2D eigenvalue weighted by Gasteiger charge is 2.37. The monoisotopic (exact) mass is 870 g/mol. The van der Waals surface area contributed by atoms with Crippen LogP contribution in [0.4, 0.5) is 8.78 Å². The summed E-state index contributed by atoms with van der Waals surface area (Å²) in [6.07, 6.45) is 7.95. The largest absolute Gasteiger partial charge is 0.438 e. The maximum absolute atomic E-state index is 15.8. The molecule has 15 nitrogen and oxygen atoms in total. The quantitative estimate of drug-likeness (QED) is 0.174. The third-order valence-electron chi connectivity index (χ3n) is 13.0. The zero-order chi connectivity index (χ0) is 44.8. The van der Waals surface area contributed by atoms with Crippen molar-refractivity contribution in [2.45, 2.75) is 84.3 Å². The van der Waals surface area contributed by atoms with Gasteiger partial charge in [-0.1, -0.05) is 18.1 Å². The number of imidazole rings is 1. The van der Waals surface area contributed by atoms with Crippen LogP contribution in [0.15, 0.2) is 81.2 Å². The number of carbonyl (C=O) groups excluding carboxylic acids is 1. The molecule has 1 saturated carbocycles. The molecule has 1 amide bonds. The molecule has 3 atom stereocenters. The summed E-state index contributed by atoms with van der Waals surface area (Å²) < 4.78 is 46.8. The molecule has 8 aromatic rings. The number of hydrogen-bond donors (Lipinski definition) is 2. The number of aryl methyl sites for hydroxylation is 3. The van der Waals surface area contributed by atoms with E-state index in [1.807, 2.05) is 12.1 Å². The van der Waals surface area contributed by atoms with E-state index in [0.717, 1.165) is 42.5 Å². The maximum Gasteiger partial charge on any atom is 0.438 e. The van der Waals surface area contributed by atoms with Crippen LogP contribution < -0.4 is 11.4 Å². The van der Waals surface area contributed by atoms with Gasteiger partial charge in [0, 0.05) is 61.4 Å². The first-order valence-corrected chi connectivity index (χ1v) is 21.5. The van der Waals surface area contributed by atoms with Crippen molar-refractivity contribution in [3.63, 3.8) is 0 Å². The summed E-state index contributed by atoms with van der Waals surface area (Å²) in [6, 6.07) is 14.9. The lowest BCUT2D eigenvalue weighted by molar-refractivity contribution is -0.0592. The molecule has 2 N–H and O–H groups in total. The first-order chi connectivity index (χ1) is 30.6. The second-order valence-corrected chi connectivity index (χ2v) is 18.1. The van der Waals surface area contributed by atoms with Gasteiger partial charge in [-0.15, -0.1) is 0 Å². The Labute approximate surface area is 365 Å². The number of ether oxygens (including phenoxy) is 1. The van der Waals surface area contributed by atoms with Crippen molar-refractivity contribution in [1.29, 1.82) is 0 Å². The molecule has 11 rings (SSSR count). The minimum Gasteiger partial charge on any atom is -0.376 e. The van der Waals surface area contributed by atoms with E-state index in [0.29, 0.717) is 81.3 Å². The van der Waals surface area contributed by atoms with Gasteiger partial charge in [0.15, 0.2) is 11.6 Å². The Bertz CT molecular complexity index is 3230. The molecule has 5 aromatic heterocycles. The Morgan fingerprint density at radius 2 is 1.73 bits per heavy atom. The number of aromatic amines is 2. The first-order valence-electron chi connectivity index (χ1n) is 21.5. The van der Waals surface area contributed by atoms with E-state index >= 15 is 4.39 Å². The molecule has 0 radical (unpaired) electrons. The first kappa shape index (κ1) is 41.1. The molecule has 330 valence electrons.